The Morgan fingerprint density at radius 1 is 1.31 bits per heavy atom. The molecule has 0 heterocycles. The molecule has 0 unspecified atom stereocenters. The van der Waals surface area contributed by atoms with Crippen LogP contribution in [0.15, 0.2) is 18.2 Å². The zero-order chi connectivity index (χ0) is 9.84. The van der Waals surface area contributed by atoms with Gasteiger partial charge in [-0.25, -0.2) is 4.79 Å². The van der Waals surface area contributed by atoms with Gasteiger partial charge in [0, 0.05) is 13.0 Å². The van der Waals surface area contributed by atoms with Crippen LogP contribution in [0, 0.1) is 0 Å². The van der Waals surface area contributed by atoms with Gasteiger partial charge in [-0.2, -0.15) is 0 Å². The lowest BCUT2D eigenvalue weighted by Crippen LogP contribution is -2.02. The number of benzene rings is 1. The van der Waals surface area contributed by atoms with E-state index in [1.165, 1.54) is 19.1 Å². The van der Waals surface area contributed by atoms with Crippen LogP contribution < -0.4 is 4.89 Å². The predicted molar refractivity (Wildman–Crippen MR) is 48.9 cm³/mol. The smallest absolute Gasteiger partial charge is 0.287 e. The van der Waals surface area contributed by atoms with Gasteiger partial charge in [-0.1, -0.05) is 23.2 Å². The van der Waals surface area contributed by atoms with E-state index in [9.17, 15) is 4.79 Å². The van der Waals surface area contributed by atoms with Gasteiger partial charge in [0.2, 0.25) is 0 Å². The second kappa shape index (κ2) is 4.35. The predicted octanol–water partition coefficient (Wildman–Crippen LogP) is 2.85. The van der Waals surface area contributed by atoms with Gasteiger partial charge in [0.1, 0.15) is 0 Å². The molecule has 0 aliphatic carbocycles. The van der Waals surface area contributed by atoms with Crippen LogP contribution in [-0.4, -0.2) is 5.97 Å². The Morgan fingerprint density at radius 3 is 2.54 bits per heavy atom. The Hall–Kier alpha value is -0.930. The minimum atomic E-state index is -0.536. The number of hydrogen-bond acceptors (Lipinski definition) is 3. The van der Waals surface area contributed by atoms with Crippen molar-refractivity contribution in [2.45, 2.75) is 6.92 Å². The summed E-state index contributed by atoms with van der Waals surface area (Å²) in [5, 5.41) is 0.753. The van der Waals surface area contributed by atoms with E-state index in [4.69, 9.17) is 23.2 Å². The molecule has 0 N–H and O–H groups in total. The van der Waals surface area contributed by atoms with Gasteiger partial charge in [0.15, 0.2) is 5.75 Å². The van der Waals surface area contributed by atoms with Crippen LogP contribution in [0.5, 0.6) is 5.75 Å². The van der Waals surface area contributed by atoms with E-state index in [-0.39, 0.29) is 0 Å². The molecule has 0 aliphatic rings. The lowest BCUT2D eigenvalue weighted by molar-refractivity contribution is -0.210. The third-order valence-electron chi connectivity index (χ3n) is 1.15. The van der Waals surface area contributed by atoms with Crippen molar-refractivity contribution in [3.05, 3.63) is 28.2 Å². The van der Waals surface area contributed by atoms with Crippen molar-refractivity contribution >= 4 is 29.2 Å². The van der Waals surface area contributed by atoms with Crippen LogP contribution in [0.3, 0.4) is 0 Å². The summed E-state index contributed by atoms with van der Waals surface area (Å²) >= 11 is 11.3. The Morgan fingerprint density at radius 2 is 2.00 bits per heavy atom. The van der Waals surface area contributed by atoms with Gasteiger partial charge in [-0.3, -0.25) is 9.78 Å². The maximum Gasteiger partial charge on any atom is 0.352 e. The zero-order valence-electron chi connectivity index (χ0n) is 6.71. The van der Waals surface area contributed by atoms with Crippen LogP contribution >= 0.6 is 23.2 Å². The van der Waals surface area contributed by atoms with Crippen molar-refractivity contribution in [2.75, 3.05) is 0 Å². The molecular formula is C8H6Cl2O3. The number of carbonyl (C=O) groups is 1. The Kier molecular flexibility index (Phi) is 3.39. The van der Waals surface area contributed by atoms with E-state index >= 15 is 0 Å². The SMILES string of the molecule is CC(=O)OOc1ccc(Cl)c(Cl)c1. The lowest BCUT2D eigenvalue weighted by Gasteiger charge is -2.02. The summed E-state index contributed by atoms with van der Waals surface area (Å²) in [5.41, 5.74) is 0. The van der Waals surface area contributed by atoms with Crippen LogP contribution in [-0.2, 0) is 9.68 Å². The number of halogens is 2. The lowest BCUT2D eigenvalue weighted by atomic mass is 10.3. The summed E-state index contributed by atoms with van der Waals surface area (Å²) in [6.07, 6.45) is 0. The standard InChI is InChI=1S/C8H6Cl2O3/c1-5(11)12-13-6-2-3-7(9)8(10)4-6/h2-4H,1H3. The first kappa shape index (κ1) is 10.2. The molecule has 0 saturated heterocycles. The molecule has 5 heteroatoms. The molecule has 1 aromatic rings. The van der Waals surface area contributed by atoms with Gasteiger partial charge >= 0.3 is 5.97 Å². The van der Waals surface area contributed by atoms with E-state index < -0.39 is 5.97 Å². The van der Waals surface area contributed by atoms with Crippen LogP contribution in [0.1, 0.15) is 6.92 Å². The number of hydrogen-bond donors (Lipinski definition) is 0. The summed E-state index contributed by atoms with van der Waals surface area (Å²) in [6.45, 7) is 1.23. The van der Waals surface area contributed by atoms with E-state index in [0.717, 1.165) is 0 Å². The molecule has 0 aliphatic heterocycles. The van der Waals surface area contributed by atoms with Crippen LogP contribution in [0.2, 0.25) is 10.0 Å². The summed E-state index contributed by atoms with van der Waals surface area (Å²) < 4.78 is 0. The van der Waals surface area contributed by atoms with E-state index in [0.29, 0.717) is 15.8 Å². The average Bonchev–Trinajstić information content (AvgIpc) is 2.07. The second-order valence-electron chi connectivity index (χ2n) is 2.23. The van der Waals surface area contributed by atoms with Crippen molar-refractivity contribution in [1.29, 1.82) is 0 Å². The van der Waals surface area contributed by atoms with Gasteiger partial charge in [-0.05, 0) is 12.1 Å². The largest absolute Gasteiger partial charge is 0.352 e. The molecule has 0 radical (unpaired) electrons. The molecule has 0 bridgehead atoms. The summed E-state index contributed by atoms with van der Waals surface area (Å²) in [5.74, 6) is -0.212. The molecule has 13 heavy (non-hydrogen) atoms. The summed E-state index contributed by atoms with van der Waals surface area (Å²) in [7, 11) is 0. The maximum absolute atomic E-state index is 10.4. The molecule has 1 rings (SSSR count). The molecule has 0 saturated carbocycles. The van der Waals surface area contributed by atoms with Gasteiger partial charge in [-0.15, -0.1) is 0 Å². The number of carbonyl (C=O) groups excluding carboxylic acids is 1. The molecule has 0 atom stereocenters. The molecular weight excluding hydrogens is 215 g/mol. The first-order valence-corrected chi connectivity index (χ1v) is 4.15. The van der Waals surface area contributed by atoms with E-state index in [2.05, 4.69) is 9.78 Å². The fraction of sp³-hybridized carbons (Fsp3) is 0.125. The van der Waals surface area contributed by atoms with Gasteiger partial charge in [0.05, 0.1) is 10.0 Å². The first-order valence-electron chi connectivity index (χ1n) is 3.40. The third-order valence-corrected chi connectivity index (χ3v) is 1.89. The Bertz CT molecular complexity index is 325. The fourth-order valence-corrected chi connectivity index (χ4v) is 0.924. The highest BCUT2D eigenvalue weighted by atomic mass is 35.5. The molecule has 0 fully saturated rings. The minimum absolute atomic E-state index is 0.324. The van der Waals surface area contributed by atoms with Crippen molar-refractivity contribution in [3.8, 4) is 5.75 Å². The third kappa shape index (κ3) is 3.13. The highest BCUT2D eigenvalue weighted by Gasteiger charge is 2.02. The molecule has 0 aromatic heterocycles. The van der Waals surface area contributed by atoms with E-state index in [1.807, 2.05) is 0 Å². The van der Waals surface area contributed by atoms with Crippen molar-refractivity contribution in [2.24, 2.45) is 0 Å². The summed E-state index contributed by atoms with van der Waals surface area (Å²) in [6, 6.07) is 4.53. The van der Waals surface area contributed by atoms with Crippen molar-refractivity contribution in [3.63, 3.8) is 0 Å². The second-order valence-corrected chi connectivity index (χ2v) is 3.05. The van der Waals surface area contributed by atoms with Crippen LogP contribution in [0.4, 0.5) is 0 Å². The van der Waals surface area contributed by atoms with Crippen LogP contribution in [0.25, 0.3) is 0 Å². The minimum Gasteiger partial charge on any atom is -0.287 e. The molecule has 3 nitrogen and oxygen atoms in total. The van der Waals surface area contributed by atoms with Crippen molar-refractivity contribution < 1.29 is 14.6 Å². The average molecular weight is 221 g/mol. The molecule has 0 amide bonds. The molecule has 1 aromatic carbocycles. The van der Waals surface area contributed by atoms with Crippen molar-refractivity contribution in [1.82, 2.24) is 0 Å². The number of rotatable bonds is 2. The topological polar surface area (TPSA) is 35.5 Å². The zero-order valence-corrected chi connectivity index (χ0v) is 8.22. The quantitative estimate of drug-likeness (QED) is 0.568. The Balaban J connectivity index is 2.68. The first-order chi connectivity index (χ1) is 6.09. The normalized spacial score (nSPS) is 9.46. The highest BCUT2D eigenvalue weighted by Crippen LogP contribution is 2.26. The monoisotopic (exact) mass is 220 g/mol. The molecule has 0 spiro atoms. The fourth-order valence-electron chi connectivity index (χ4n) is 0.635. The van der Waals surface area contributed by atoms with Gasteiger partial charge in [0.25, 0.3) is 0 Å². The highest BCUT2D eigenvalue weighted by molar-refractivity contribution is 6.42. The van der Waals surface area contributed by atoms with E-state index in [1.54, 1.807) is 6.07 Å². The Labute approximate surface area is 85.1 Å². The van der Waals surface area contributed by atoms with Gasteiger partial charge < -0.3 is 0 Å². The molecule has 70 valence electrons. The maximum atomic E-state index is 10.4. The summed E-state index contributed by atoms with van der Waals surface area (Å²) in [4.78, 5) is 19.3.